The summed E-state index contributed by atoms with van der Waals surface area (Å²) in [6.07, 6.45) is 0. The van der Waals surface area contributed by atoms with E-state index in [0.29, 0.717) is 27.6 Å². The van der Waals surface area contributed by atoms with Gasteiger partial charge in [-0.15, -0.1) is 22.0 Å². The number of thioether (sulfide) groups is 2. The van der Waals surface area contributed by atoms with E-state index in [0.717, 1.165) is 28.6 Å². The Morgan fingerprint density at radius 1 is 1.13 bits per heavy atom. The van der Waals surface area contributed by atoms with Gasteiger partial charge in [0.25, 0.3) is 0 Å². The van der Waals surface area contributed by atoms with Crippen molar-refractivity contribution in [1.82, 2.24) is 14.8 Å². The SMILES string of the molecule is CCOc1ccc(NC(=O)CSc2nnc(CSCc3ccc(Cl)cc3Cl)n2C)cc1. The summed E-state index contributed by atoms with van der Waals surface area (Å²) in [7, 11) is 1.90. The molecule has 1 amide bonds. The first-order valence-corrected chi connectivity index (χ1v) is 12.4. The number of hydrogen-bond donors (Lipinski definition) is 1. The predicted octanol–water partition coefficient (Wildman–Crippen LogP) is 5.68. The Balaban J connectivity index is 1.46. The molecule has 1 aromatic heterocycles. The lowest BCUT2D eigenvalue weighted by Crippen LogP contribution is -2.14. The van der Waals surface area contributed by atoms with Gasteiger partial charge in [0.1, 0.15) is 11.6 Å². The molecule has 1 heterocycles. The Morgan fingerprint density at radius 3 is 2.61 bits per heavy atom. The lowest BCUT2D eigenvalue weighted by Gasteiger charge is -2.07. The number of benzene rings is 2. The van der Waals surface area contributed by atoms with E-state index < -0.39 is 0 Å². The predicted molar refractivity (Wildman–Crippen MR) is 129 cm³/mol. The monoisotopic (exact) mass is 496 g/mol. The van der Waals surface area contributed by atoms with Crippen LogP contribution in [0.3, 0.4) is 0 Å². The molecule has 0 aliphatic rings. The second-order valence-electron chi connectivity index (χ2n) is 6.48. The van der Waals surface area contributed by atoms with E-state index in [9.17, 15) is 4.79 Å². The number of carbonyl (C=O) groups is 1. The number of aromatic nitrogens is 3. The second-order valence-corrected chi connectivity index (χ2v) is 9.25. The molecule has 10 heteroatoms. The van der Waals surface area contributed by atoms with Gasteiger partial charge in [0.05, 0.1) is 18.1 Å². The smallest absolute Gasteiger partial charge is 0.234 e. The zero-order valence-corrected chi connectivity index (χ0v) is 20.2. The van der Waals surface area contributed by atoms with E-state index in [2.05, 4.69) is 15.5 Å². The number of anilines is 1. The standard InChI is InChI=1S/C21H22Cl2N4O2S2/c1-3-29-17-8-6-16(7-9-17)24-20(28)13-31-21-26-25-19(27(21)2)12-30-11-14-4-5-15(22)10-18(14)23/h4-10H,3,11-13H2,1-2H3,(H,24,28). The summed E-state index contributed by atoms with van der Waals surface area (Å²) >= 11 is 15.2. The Kier molecular flexibility index (Phi) is 8.95. The van der Waals surface area contributed by atoms with Crippen LogP contribution in [-0.4, -0.2) is 33.0 Å². The Labute approximate surface area is 200 Å². The Hall–Kier alpha value is -1.87. The molecule has 3 aromatic rings. The lowest BCUT2D eigenvalue weighted by molar-refractivity contribution is -0.113. The molecule has 0 spiro atoms. The molecule has 31 heavy (non-hydrogen) atoms. The topological polar surface area (TPSA) is 69.0 Å². The maximum atomic E-state index is 12.3. The molecule has 0 saturated carbocycles. The normalized spacial score (nSPS) is 10.8. The largest absolute Gasteiger partial charge is 0.494 e. The van der Waals surface area contributed by atoms with Gasteiger partial charge in [-0.2, -0.15) is 0 Å². The average molecular weight is 497 g/mol. The van der Waals surface area contributed by atoms with E-state index in [1.807, 2.05) is 54.9 Å². The van der Waals surface area contributed by atoms with Crippen molar-refractivity contribution in [1.29, 1.82) is 0 Å². The highest BCUT2D eigenvalue weighted by molar-refractivity contribution is 7.99. The molecule has 0 bridgehead atoms. The maximum Gasteiger partial charge on any atom is 0.234 e. The summed E-state index contributed by atoms with van der Waals surface area (Å²) in [5.74, 6) is 3.18. The molecule has 3 rings (SSSR count). The van der Waals surface area contributed by atoms with Crippen molar-refractivity contribution in [2.45, 2.75) is 23.6 Å². The van der Waals surface area contributed by atoms with Crippen molar-refractivity contribution in [3.05, 3.63) is 63.9 Å². The first-order valence-electron chi connectivity index (χ1n) is 9.51. The quantitative estimate of drug-likeness (QED) is 0.363. The first-order chi connectivity index (χ1) is 15.0. The van der Waals surface area contributed by atoms with Crippen molar-refractivity contribution >= 4 is 58.3 Å². The van der Waals surface area contributed by atoms with Gasteiger partial charge in [-0.05, 0) is 48.9 Å². The molecule has 0 fully saturated rings. The third kappa shape index (κ3) is 7.07. The van der Waals surface area contributed by atoms with Gasteiger partial charge >= 0.3 is 0 Å². The fourth-order valence-electron chi connectivity index (χ4n) is 2.62. The van der Waals surface area contributed by atoms with Crippen molar-refractivity contribution in [2.75, 3.05) is 17.7 Å². The van der Waals surface area contributed by atoms with Crippen molar-refractivity contribution in [3.63, 3.8) is 0 Å². The van der Waals surface area contributed by atoms with Crippen molar-refractivity contribution in [2.24, 2.45) is 7.05 Å². The van der Waals surface area contributed by atoms with Crippen molar-refractivity contribution in [3.8, 4) is 5.75 Å². The van der Waals surface area contributed by atoms with Crippen LogP contribution in [0.25, 0.3) is 0 Å². The van der Waals surface area contributed by atoms with Gasteiger partial charge in [-0.25, -0.2) is 0 Å². The molecule has 1 N–H and O–H groups in total. The van der Waals surface area contributed by atoms with Crippen LogP contribution in [0, 0.1) is 0 Å². The van der Waals surface area contributed by atoms with Crippen LogP contribution >= 0.6 is 46.7 Å². The minimum Gasteiger partial charge on any atom is -0.494 e. The average Bonchev–Trinajstić information content (AvgIpc) is 3.09. The summed E-state index contributed by atoms with van der Waals surface area (Å²) in [6.45, 7) is 2.54. The number of hydrogen-bond acceptors (Lipinski definition) is 6. The number of halogens is 2. The second kappa shape index (κ2) is 11.7. The summed E-state index contributed by atoms with van der Waals surface area (Å²) in [5.41, 5.74) is 1.75. The summed E-state index contributed by atoms with van der Waals surface area (Å²) in [6, 6.07) is 12.8. The van der Waals surface area contributed by atoms with Crippen LogP contribution < -0.4 is 10.1 Å². The highest BCUT2D eigenvalue weighted by atomic mass is 35.5. The van der Waals surface area contributed by atoms with Crippen molar-refractivity contribution < 1.29 is 9.53 Å². The fourth-order valence-corrected chi connectivity index (χ4v) is 4.91. The highest BCUT2D eigenvalue weighted by Crippen LogP contribution is 2.26. The molecule has 0 atom stereocenters. The molecule has 6 nitrogen and oxygen atoms in total. The first kappa shape index (κ1) is 23.8. The van der Waals surface area contributed by atoms with Crippen LogP contribution in [0.15, 0.2) is 47.6 Å². The number of nitrogens with zero attached hydrogens (tertiary/aromatic N) is 3. The molecule has 0 radical (unpaired) electrons. The Bertz CT molecular complexity index is 1030. The zero-order valence-electron chi connectivity index (χ0n) is 17.1. The third-order valence-electron chi connectivity index (χ3n) is 4.21. The van der Waals surface area contributed by atoms with Gasteiger partial charge in [0, 0.05) is 28.5 Å². The highest BCUT2D eigenvalue weighted by Gasteiger charge is 2.12. The molecule has 0 saturated heterocycles. The summed E-state index contributed by atoms with van der Waals surface area (Å²) in [5, 5.41) is 13.3. The minimum atomic E-state index is -0.106. The lowest BCUT2D eigenvalue weighted by atomic mass is 10.2. The van der Waals surface area contributed by atoms with Crippen LogP contribution in [0.5, 0.6) is 5.75 Å². The van der Waals surface area contributed by atoms with E-state index in [1.165, 1.54) is 11.8 Å². The third-order valence-corrected chi connectivity index (χ3v) is 6.79. The minimum absolute atomic E-state index is 0.106. The van der Waals surface area contributed by atoms with E-state index in [-0.39, 0.29) is 11.7 Å². The van der Waals surface area contributed by atoms with Crippen LogP contribution in [0.1, 0.15) is 18.3 Å². The number of rotatable bonds is 10. The van der Waals surface area contributed by atoms with Gasteiger partial charge in [0.15, 0.2) is 5.16 Å². The molecule has 2 aromatic carbocycles. The van der Waals surface area contributed by atoms with E-state index in [4.69, 9.17) is 27.9 Å². The molecule has 0 aliphatic carbocycles. The maximum absolute atomic E-state index is 12.3. The molecule has 0 aliphatic heterocycles. The Morgan fingerprint density at radius 2 is 1.90 bits per heavy atom. The van der Waals surface area contributed by atoms with E-state index >= 15 is 0 Å². The zero-order chi connectivity index (χ0) is 22.2. The van der Waals surface area contributed by atoms with Gasteiger partial charge < -0.3 is 14.6 Å². The van der Waals surface area contributed by atoms with Crippen LogP contribution in [0.4, 0.5) is 5.69 Å². The van der Waals surface area contributed by atoms with Gasteiger partial charge in [0.2, 0.25) is 5.91 Å². The molecule has 164 valence electrons. The van der Waals surface area contributed by atoms with E-state index in [1.54, 1.807) is 17.8 Å². The number of nitrogens with one attached hydrogen (secondary N) is 1. The molecular weight excluding hydrogens is 475 g/mol. The molecule has 0 unspecified atom stereocenters. The number of carbonyl (C=O) groups excluding carboxylic acids is 1. The summed E-state index contributed by atoms with van der Waals surface area (Å²) < 4.78 is 7.31. The van der Waals surface area contributed by atoms with Gasteiger partial charge in [-0.1, -0.05) is 41.0 Å². The van der Waals surface area contributed by atoms with Crippen LogP contribution in [0.2, 0.25) is 10.0 Å². The number of amides is 1. The summed E-state index contributed by atoms with van der Waals surface area (Å²) in [4.78, 5) is 12.3. The van der Waals surface area contributed by atoms with Gasteiger partial charge in [-0.3, -0.25) is 4.79 Å². The molecular formula is C21H22Cl2N4O2S2. The fraction of sp³-hybridized carbons (Fsp3) is 0.286. The number of ether oxygens (including phenoxy) is 1. The van der Waals surface area contributed by atoms with Crippen LogP contribution in [-0.2, 0) is 23.3 Å².